The molecular formula is C13H16O2. The normalized spacial score (nSPS) is 27.8. The quantitative estimate of drug-likeness (QED) is 0.699. The molecule has 1 aliphatic carbocycles. The van der Waals surface area contributed by atoms with Crippen molar-refractivity contribution in [3.63, 3.8) is 0 Å². The number of methoxy groups -OCH3 is 1. The van der Waals surface area contributed by atoms with Crippen LogP contribution in [0.25, 0.3) is 0 Å². The Morgan fingerprint density at radius 3 is 3.00 bits per heavy atom. The number of ether oxygens (including phenoxy) is 2. The van der Waals surface area contributed by atoms with Crippen molar-refractivity contribution in [3.8, 4) is 11.5 Å². The lowest BCUT2D eigenvalue weighted by molar-refractivity contribution is 0.164. The Labute approximate surface area is 90.2 Å². The van der Waals surface area contributed by atoms with Crippen LogP contribution in [0.4, 0.5) is 0 Å². The first-order chi connectivity index (χ1) is 7.38. The largest absolute Gasteiger partial charge is 0.497 e. The summed E-state index contributed by atoms with van der Waals surface area (Å²) >= 11 is 0. The summed E-state index contributed by atoms with van der Waals surface area (Å²) in [6.45, 7) is 0. The SMILES string of the molecule is COc1ccc2c(c1)[C@@H]1CCCC[C@@H]1O2. The first-order valence-electron chi connectivity index (χ1n) is 5.73. The molecule has 0 bridgehead atoms. The third-order valence-electron chi connectivity index (χ3n) is 3.60. The number of hydrogen-bond acceptors (Lipinski definition) is 2. The van der Waals surface area contributed by atoms with Crippen molar-refractivity contribution in [2.45, 2.75) is 37.7 Å². The highest BCUT2D eigenvalue weighted by molar-refractivity contribution is 5.46. The van der Waals surface area contributed by atoms with Crippen LogP contribution in [0.15, 0.2) is 18.2 Å². The lowest BCUT2D eigenvalue weighted by Crippen LogP contribution is -2.22. The highest BCUT2D eigenvalue weighted by atomic mass is 16.5. The van der Waals surface area contributed by atoms with Crippen LogP contribution in [0, 0.1) is 0 Å². The molecule has 1 heterocycles. The van der Waals surface area contributed by atoms with Gasteiger partial charge in [-0.25, -0.2) is 0 Å². The molecule has 0 saturated heterocycles. The van der Waals surface area contributed by atoms with Gasteiger partial charge >= 0.3 is 0 Å². The van der Waals surface area contributed by atoms with E-state index in [1.165, 1.54) is 31.2 Å². The molecule has 2 nitrogen and oxygen atoms in total. The molecule has 3 rings (SSSR count). The molecule has 1 saturated carbocycles. The molecule has 1 fully saturated rings. The van der Waals surface area contributed by atoms with Crippen molar-refractivity contribution >= 4 is 0 Å². The van der Waals surface area contributed by atoms with Crippen molar-refractivity contribution in [1.29, 1.82) is 0 Å². The van der Waals surface area contributed by atoms with E-state index in [9.17, 15) is 0 Å². The van der Waals surface area contributed by atoms with Gasteiger partial charge in [0.1, 0.15) is 17.6 Å². The van der Waals surface area contributed by atoms with Crippen LogP contribution in [0.5, 0.6) is 11.5 Å². The van der Waals surface area contributed by atoms with Crippen LogP contribution in [-0.4, -0.2) is 13.2 Å². The molecule has 2 aliphatic rings. The zero-order valence-corrected chi connectivity index (χ0v) is 9.03. The van der Waals surface area contributed by atoms with E-state index >= 15 is 0 Å². The summed E-state index contributed by atoms with van der Waals surface area (Å²) in [7, 11) is 1.72. The minimum absolute atomic E-state index is 0.431. The van der Waals surface area contributed by atoms with Gasteiger partial charge in [-0.05, 0) is 37.5 Å². The van der Waals surface area contributed by atoms with Crippen molar-refractivity contribution in [2.24, 2.45) is 0 Å². The second-order valence-electron chi connectivity index (χ2n) is 4.45. The Bertz CT molecular complexity index is 373. The van der Waals surface area contributed by atoms with E-state index in [2.05, 4.69) is 6.07 Å². The van der Waals surface area contributed by atoms with E-state index in [0.717, 1.165) is 11.5 Å². The summed E-state index contributed by atoms with van der Waals surface area (Å²) < 4.78 is 11.2. The summed E-state index contributed by atoms with van der Waals surface area (Å²) in [5.41, 5.74) is 1.36. The van der Waals surface area contributed by atoms with Gasteiger partial charge in [0.05, 0.1) is 7.11 Å². The van der Waals surface area contributed by atoms with Gasteiger partial charge < -0.3 is 9.47 Å². The summed E-state index contributed by atoms with van der Waals surface area (Å²) in [5, 5.41) is 0. The van der Waals surface area contributed by atoms with E-state index in [4.69, 9.17) is 9.47 Å². The van der Waals surface area contributed by atoms with Gasteiger partial charge in [0.25, 0.3) is 0 Å². The van der Waals surface area contributed by atoms with E-state index < -0.39 is 0 Å². The summed E-state index contributed by atoms with van der Waals surface area (Å²) in [6, 6.07) is 6.17. The van der Waals surface area contributed by atoms with Gasteiger partial charge in [0.15, 0.2) is 0 Å². The second kappa shape index (κ2) is 3.44. The van der Waals surface area contributed by atoms with Gasteiger partial charge in [-0.2, -0.15) is 0 Å². The molecule has 0 unspecified atom stereocenters. The minimum atomic E-state index is 0.431. The molecular weight excluding hydrogens is 188 g/mol. The van der Waals surface area contributed by atoms with Crippen LogP contribution in [0.2, 0.25) is 0 Å². The van der Waals surface area contributed by atoms with Crippen molar-refractivity contribution < 1.29 is 9.47 Å². The molecule has 2 atom stereocenters. The predicted octanol–water partition coefficient (Wildman–Crippen LogP) is 3.11. The van der Waals surface area contributed by atoms with Crippen molar-refractivity contribution in [3.05, 3.63) is 23.8 Å². The topological polar surface area (TPSA) is 18.5 Å². The average Bonchev–Trinajstić information content (AvgIpc) is 2.66. The van der Waals surface area contributed by atoms with E-state index in [1.807, 2.05) is 12.1 Å². The third kappa shape index (κ3) is 1.39. The molecule has 0 aromatic heterocycles. The maximum atomic E-state index is 5.95. The average molecular weight is 204 g/mol. The van der Waals surface area contributed by atoms with Gasteiger partial charge in [0, 0.05) is 11.5 Å². The molecule has 2 heteroatoms. The zero-order chi connectivity index (χ0) is 10.3. The Hall–Kier alpha value is -1.18. The van der Waals surface area contributed by atoms with Crippen molar-refractivity contribution in [1.82, 2.24) is 0 Å². The minimum Gasteiger partial charge on any atom is -0.497 e. The molecule has 0 radical (unpaired) electrons. The van der Waals surface area contributed by atoms with Gasteiger partial charge in [0.2, 0.25) is 0 Å². The van der Waals surface area contributed by atoms with E-state index in [0.29, 0.717) is 12.0 Å². The van der Waals surface area contributed by atoms with Gasteiger partial charge in [-0.15, -0.1) is 0 Å². The standard InChI is InChI=1S/C13H16O2/c1-14-9-6-7-13-11(8-9)10-4-2-3-5-12(10)15-13/h6-8,10,12H,2-5H2,1H3/t10-,12-/m0/s1. The van der Waals surface area contributed by atoms with Crippen molar-refractivity contribution in [2.75, 3.05) is 7.11 Å². The first kappa shape index (κ1) is 9.08. The Morgan fingerprint density at radius 1 is 1.27 bits per heavy atom. The smallest absolute Gasteiger partial charge is 0.123 e. The van der Waals surface area contributed by atoms with Crippen LogP contribution < -0.4 is 9.47 Å². The number of benzene rings is 1. The predicted molar refractivity (Wildman–Crippen MR) is 58.6 cm³/mol. The highest BCUT2D eigenvalue weighted by Crippen LogP contribution is 2.46. The molecule has 0 spiro atoms. The van der Waals surface area contributed by atoms with E-state index in [1.54, 1.807) is 7.11 Å². The van der Waals surface area contributed by atoms with Crippen LogP contribution in [0.1, 0.15) is 37.2 Å². The lowest BCUT2D eigenvalue weighted by atomic mass is 9.83. The molecule has 0 N–H and O–H groups in total. The van der Waals surface area contributed by atoms with Crippen LogP contribution in [0.3, 0.4) is 0 Å². The maximum absolute atomic E-state index is 5.95. The highest BCUT2D eigenvalue weighted by Gasteiger charge is 2.36. The monoisotopic (exact) mass is 204 g/mol. The Balaban J connectivity index is 1.98. The molecule has 1 aromatic carbocycles. The molecule has 80 valence electrons. The molecule has 1 aromatic rings. The lowest BCUT2D eigenvalue weighted by Gasteiger charge is -2.23. The number of rotatable bonds is 1. The summed E-state index contributed by atoms with van der Waals surface area (Å²) in [6.07, 6.45) is 5.56. The van der Waals surface area contributed by atoms with Gasteiger partial charge in [-0.3, -0.25) is 0 Å². The Morgan fingerprint density at radius 2 is 2.13 bits per heavy atom. The summed E-state index contributed by atoms with van der Waals surface area (Å²) in [5.74, 6) is 2.64. The molecule has 15 heavy (non-hydrogen) atoms. The second-order valence-corrected chi connectivity index (χ2v) is 4.45. The first-order valence-corrected chi connectivity index (χ1v) is 5.73. The van der Waals surface area contributed by atoms with Crippen LogP contribution >= 0.6 is 0 Å². The third-order valence-corrected chi connectivity index (χ3v) is 3.60. The maximum Gasteiger partial charge on any atom is 0.123 e. The Kier molecular flexibility index (Phi) is 2.08. The fourth-order valence-electron chi connectivity index (χ4n) is 2.81. The number of hydrogen-bond donors (Lipinski definition) is 0. The molecule has 1 aliphatic heterocycles. The van der Waals surface area contributed by atoms with E-state index in [-0.39, 0.29) is 0 Å². The van der Waals surface area contributed by atoms with Gasteiger partial charge in [-0.1, -0.05) is 6.42 Å². The summed E-state index contributed by atoms with van der Waals surface area (Å²) in [4.78, 5) is 0. The molecule has 0 amide bonds. The zero-order valence-electron chi connectivity index (χ0n) is 9.03. The fourth-order valence-corrected chi connectivity index (χ4v) is 2.81. The fraction of sp³-hybridized carbons (Fsp3) is 0.538. The van der Waals surface area contributed by atoms with Crippen LogP contribution in [-0.2, 0) is 0 Å². The number of fused-ring (bicyclic) bond motifs is 3.